The monoisotopic (exact) mass is 235 g/mol. The van der Waals surface area contributed by atoms with E-state index in [2.05, 4.69) is 28.9 Å². The second-order valence-corrected chi connectivity index (χ2v) is 3.06. The van der Waals surface area contributed by atoms with Crippen LogP contribution in [0.15, 0.2) is 22.7 Å². The van der Waals surface area contributed by atoms with Crippen molar-refractivity contribution in [3.63, 3.8) is 0 Å². The van der Waals surface area contributed by atoms with Gasteiger partial charge in [-0.1, -0.05) is 13.0 Å². The summed E-state index contributed by atoms with van der Waals surface area (Å²) in [5.41, 5.74) is 7.71. The Balaban J connectivity index is 0.000001000. The molecule has 0 saturated heterocycles. The molecule has 1 rings (SSSR count). The molecule has 0 aliphatic carbocycles. The summed E-state index contributed by atoms with van der Waals surface area (Å²) in [7, 11) is 0. The summed E-state index contributed by atoms with van der Waals surface area (Å²) in [6.45, 7) is 2.12. The minimum atomic E-state index is 0. The van der Waals surface area contributed by atoms with Gasteiger partial charge in [-0.05, 0) is 40.0 Å². The fourth-order valence-corrected chi connectivity index (χ4v) is 1.22. The lowest BCUT2D eigenvalue weighted by atomic mass is 10.2. The topological polar surface area (TPSA) is 26.0 Å². The van der Waals surface area contributed by atoms with Crippen LogP contribution in [0.5, 0.6) is 0 Å². The normalized spacial score (nSPS) is 8.91. The highest BCUT2D eigenvalue weighted by molar-refractivity contribution is 9.10. The van der Waals surface area contributed by atoms with Gasteiger partial charge >= 0.3 is 0 Å². The summed E-state index contributed by atoms with van der Waals surface area (Å²) in [4.78, 5) is 0. The van der Waals surface area contributed by atoms with Crippen LogP contribution in [-0.2, 0) is 6.42 Å². The van der Waals surface area contributed by atoms with Crippen molar-refractivity contribution < 1.29 is 0 Å². The molecule has 0 heterocycles. The van der Waals surface area contributed by atoms with E-state index in [-0.39, 0.29) is 12.4 Å². The molecule has 2 N–H and O–H groups in total. The Kier molecular flexibility index (Phi) is 4.54. The number of halogens is 2. The molecule has 0 aliphatic rings. The number of nitrogen functional groups attached to an aromatic ring is 1. The predicted octanol–water partition coefficient (Wildman–Crippen LogP) is 3.02. The highest BCUT2D eigenvalue weighted by Crippen LogP contribution is 2.20. The van der Waals surface area contributed by atoms with Crippen LogP contribution in [0.3, 0.4) is 0 Å². The van der Waals surface area contributed by atoms with Gasteiger partial charge < -0.3 is 5.73 Å². The van der Waals surface area contributed by atoms with Crippen molar-refractivity contribution >= 4 is 34.0 Å². The number of aryl methyl sites for hydroxylation is 1. The smallest absolute Gasteiger partial charge is 0.0458 e. The van der Waals surface area contributed by atoms with Crippen molar-refractivity contribution in [1.82, 2.24) is 0 Å². The van der Waals surface area contributed by atoms with E-state index in [1.54, 1.807) is 0 Å². The van der Waals surface area contributed by atoms with Gasteiger partial charge in [0.25, 0.3) is 0 Å². The largest absolute Gasteiger partial charge is 0.398 e. The molecule has 1 nitrogen and oxygen atoms in total. The Hall–Kier alpha value is -0.210. The summed E-state index contributed by atoms with van der Waals surface area (Å²) in [6.07, 6.45) is 1.05. The van der Waals surface area contributed by atoms with Gasteiger partial charge in [0, 0.05) is 10.2 Å². The molecular weight excluding hydrogens is 225 g/mol. The lowest BCUT2D eigenvalue weighted by Gasteiger charge is -1.99. The first kappa shape index (κ1) is 10.8. The third-order valence-electron chi connectivity index (χ3n) is 1.47. The molecule has 62 valence electrons. The molecule has 1 aromatic carbocycles. The van der Waals surface area contributed by atoms with Crippen molar-refractivity contribution in [2.75, 3.05) is 5.73 Å². The van der Waals surface area contributed by atoms with Crippen LogP contribution in [0, 0.1) is 0 Å². The molecule has 11 heavy (non-hydrogen) atoms. The zero-order chi connectivity index (χ0) is 7.56. The number of anilines is 1. The third kappa shape index (κ3) is 2.72. The Labute approximate surface area is 81.5 Å². The molecule has 3 heteroatoms. The van der Waals surface area contributed by atoms with E-state index in [4.69, 9.17) is 5.73 Å². The molecule has 0 bridgehead atoms. The summed E-state index contributed by atoms with van der Waals surface area (Å²) >= 11 is 3.36. The molecule has 1 aromatic rings. The second kappa shape index (κ2) is 4.62. The summed E-state index contributed by atoms with van der Waals surface area (Å²) in [6, 6.07) is 6.01. The van der Waals surface area contributed by atoms with Gasteiger partial charge in [-0.2, -0.15) is 0 Å². The van der Waals surface area contributed by atoms with Gasteiger partial charge in [0.1, 0.15) is 0 Å². The van der Waals surface area contributed by atoms with Gasteiger partial charge in [-0.3, -0.25) is 0 Å². The SMILES string of the molecule is CCc1ccc(N)c(Br)c1.Cl. The van der Waals surface area contributed by atoms with E-state index in [9.17, 15) is 0 Å². The molecule has 0 radical (unpaired) electrons. The molecule has 0 atom stereocenters. The van der Waals surface area contributed by atoms with Crippen molar-refractivity contribution in [3.8, 4) is 0 Å². The van der Waals surface area contributed by atoms with Crippen LogP contribution in [0.2, 0.25) is 0 Å². The van der Waals surface area contributed by atoms with Crippen molar-refractivity contribution in [1.29, 1.82) is 0 Å². The van der Waals surface area contributed by atoms with Crippen LogP contribution in [0.25, 0.3) is 0 Å². The van der Waals surface area contributed by atoms with Gasteiger partial charge in [0.15, 0.2) is 0 Å². The predicted molar refractivity (Wildman–Crippen MR) is 55.2 cm³/mol. The lowest BCUT2D eigenvalue weighted by Crippen LogP contribution is -1.87. The molecule has 0 aromatic heterocycles. The Morgan fingerprint density at radius 2 is 2.09 bits per heavy atom. The first-order valence-electron chi connectivity index (χ1n) is 3.28. The fraction of sp³-hybridized carbons (Fsp3) is 0.250. The summed E-state index contributed by atoms with van der Waals surface area (Å²) in [5.74, 6) is 0. The molecule has 0 spiro atoms. The van der Waals surface area contributed by atoms with Crippen LogP contribution >= 0.6 is 28.3 Å². The number of rotatable bonds is 1. The zero-order valence-electron chi connectivity index (χ0n) is 6.30. The average Bonchev–Trinajstić information content (AvgIpc) is 1.95. The van der Waals surface area contributed by atoms with E-state index in [0.29, 0.717) is 0 Å². The minimum absolute atomic E-state index is 0. The summed E-state index contributed by atoms with van der Waals surface area (Å²) < 4.78 is 0.992. The van der Waals surface area contributed by atoms with Gasteiger partial charge in [-0.25, -0.2) is 0 Å². The highest BCUT2D eigenvalue weighted by atomic mass is 79.9. The van der Waals surface area contributed by atoms with Crippen LogP contribution < -0.4 is 5.73 Å². The molecular formula is C8H11BrClN. The Morgan fingerprint density at radius 3 is 2.55 bits per heavy atom. The van der Waals surface area contributed by atoms with Crippen molar-refractivity contribution in [3.05, 3.63) is 28.2 Å². The first-order valence-corrected chi connectivity index (χ1v) is 4.07. The van der Waals surface area contributed by atoms with Crippen LogP contribution in [-0.4, -0.2) is 0 Å². The molecule has 0 unspecified atom stereocenters. The van der Waals surface area contributed by atoms with E-state index in [0.717, 1.165) is 16.6 Å². The third-order valence-corrected chi connectivity index (χ3v) is 2.16. The van der Waals surface area contributed by atoms with Crippen LogP contribution in [0.4, 0.5) is 5.69 Å². The maximum Gasteiger partial charge on any atom is 0.0458 e. The number of nitrogens with two attached hydrogens (primary N) is 1. The minimum Gasteiger partial charge on any atom is -0.398 e. The van der Waals surface area contributed by atoms with Crippen molar-refractivity contribution in [2.45, 2.75) is 13.3 Å². The zero-order valence-corrected chi connectivity index (χ0v) is 8.71. The van der Waals surface area contributed by atoms with Gasteiger partial charge in [0.2, 0.25) is 0 Å². The van der Waals surface area contributed by atoms with E-state index in [1.165, 1.54) is 5.56 Å². The number of hydrogen-bond acceptors (Lipinski definition) is 1. The maximum absolute atomic E-state index is 5.60. The van der Waals surface area contributed by atoms with Gasteiger partial charge in [0.05, 0.1) is 0 Å². The van der Waals surface area contributed by atoms with E-state index >= 15 is 0 Å². The highest BCUT2D eigenvalue weighted by Gasteiger charge is 1.94. The Morgan fingerprint density at radius 1 is 1.45 bits per heavy atom. The lowest BCUT2D eigenvalue weighted by molar-refractivity contribution is 1.14. The maximum atomic E-state index is 5.60. The Bertz CT molecular complexity index is 238. The summed E-state index contributed by atoms with van der Waals surface area (Å²) in [5, 5.41) is 0. The van der Waals surface area contributed by atoms with Crippen molar-refractivity contribution in [2.24, 2.45) is 0 Å². The molecule has 0 aliphatic heterocycles. The number of hydrogen-bond donors (Lipinski definition) is 1. The van der Waals surface area contributed by atoms with E-state index in [1.807, 2.05) is 12.1 Å². The molecule has 0 saturated carbocycles. The molecule has 0 fully saturated rings. The molecule has 0 amide bonds. The fourth-order valence-electron chi connectivity index (χ4n) is 0.791. The quantitative estimate of drug-likeness (QED) is 0.745. The van der Waals surface area contributed by atoms with E-state index < -0.39 is 0 Å². The average molecular weight is 237 g/mol. The standard InChI is InChI=1S/C8H10BrN.ClH/c1-2-6-3-4-8(10)7(9)5-6;/h3-5H,2,10H2,1H3;1H. The second-order valence-electron chi connectivity index (χ2n) is 2.21. The van der Waals surface area contributed by atoms with Gasteiger partial charge in [-0.15, -0.1) is 12.4 Å². The number of benzene rings is 1. The first-order chi connectivity index (χ1) is 4.74. The van der Waals surface area contributed by atoms with Crippen LogP contribution in [0.1, 0.15) is 12.5 Å².